The third-order valence-electron chi connectivity index (χ3n) is 4.17. The van der Waals surface area contributed by atoms with Crippen molar-refractivity contribution in [3.05, 3.63) is 18.0 Å². The molecule has 0 aromatic carbocycles. The number of hydrogen-bond acceptors (Lipinski definition) is 2. The fourth-order valence-electron chi connectivity index (χ4n) is 3.12. The molecule has 102 valence electrons. The summed E-state index contributed by atoms with van der Waals surface area (Å²) in [5.41, 5.74) is 1.34. The lowest BCUT2D eigenvalue weighted by Crippen LogP contribution is -2.20. The summed E-state index contributed by atoms with van der Waals surface area (Å²) in [6.07, 6.45) is 10.8. The molecule has 0 amide bonds. The second kappa shape index (κ2) is 6.37. The van der Waals surface area contributed by atoms with Crippen LogP contribution in [-0.2, 0) is 0 Å². The van der Waals surface area contributed by atoms with Gasteiger partial charge in [-0.05, 0) is 31.7 Å². The Kier molecular flexibility index (Phi) is 4.81. The molecule has 18 heavy (non-hydrogen) atoms. The van der Waals surface area contributed by atoms with Gasteiger partial charge >= 0.3 is 0 Å². The largest absolute Gasteiger partial charge is 0.310 e. The predicted molar refractivity (Wildman–Crippen MR) is 75.6 cm³/mol. The van der Waals surface area contributed by atoms with Gasteiger partial charge in [0.2, 0.25) is 0 Å². The molecular formula is C15H27N3. The maximum Gasteiger partial charge on any atom is 0.0537 e. The Morgan fingerprint density at radius 1 is 1.44 bits per heavy atom. The number of hydrogen-bond donors (Lipinski definition) is 1. The van der Waals surface area contributed by atoms with Crippen molar-refractivity contribution in [1.82, 2.24) is 15.1 Å². The van der Waals surface area contributed by atoms with Crippen molar-refractivity contribution >= 4 is 0 Å². The minimum atomic E-state index is 0.463. The van der Waals surface area contributed by atoms with Gasteiger partial charge in [-0.25, -0.2) is 0 Å². The summed E-state index contributed by atoms with van der Waals surface area (Å²) in [4.78, 5) is 0. The first-order valence-electron chi connectivity index (χ1n) is 7.52. The Morgan fingerprint density at radius 2 is 2.28 bits per heavy atom. The van der Waals surface area contributed by atoms with Crippen molar-refractivity contribution in [1.29, 1.82) is 0 Å². The van der Waals surface area contributed by atoms with Gasteiger partial charge in [0.05, 0.1) is 12.2 Å². The Morgan fingerprint density at radius 3 is 2.94 bits per heavy atom. The quantitative estimate of drug-likeness (QED) is 0.862. The molecule has 3 unspecified atom stereocenters. The van der Waals surface area contributed by atoms with Crippen molar-refractivity contribution < 1.29 is 0 Å². The van der Waals surface area contributed by atoms with Gasteiger partial charge in [0.25, 0.3) is 0 Å². The summed E-state index contributed by atoms with van der Waals surface area (Å²) in [6, 6.07) is 1.09. The van der Waals surface area contributed by atoms with Gasteiger partial charge in [0, 0.05) is 17.8 Å². The molecule has 1 fully saturated rings. The predicted octanol–water partition coefficient (Wildman–Crippen LogP) is 3.69. The smallest absolute Gasteiger partial charge is 0.0537 e. The minimum Gasteiger partial charge on any atom is -0.310 e. The van der Waals surface area contributed by atoms with Crippen LogP contribution in [0.5, 0.6) is 0 Å². The van der Waals surface area contributed by atoms with Crippen molar-refractivity contribution in [2.45, 2.75) is 65.0 Å². The van der Waals surface area contributed by atoms with Crippen LogP contribution in [0.15, 0.2) is 12.4 Å². The summed E-state index contributed by atoms with van der Waals surface area (Å²) in [6.45, 7) is 7.78. The molecule has 2 rings (SSSR count). The van der Waals surface area contributed by atoms with Gasteiger partial charge in [0.15, 0.2) is 0 Å². The number of nitrogens with one attached hydrogen (secondary N) is 1. The lowest BCUT2D eigenvalue weighted by atomic mass is 9.87. The maximum absolute atomic E-state index is 4.60. The first-order valence-corrected chi connectivity index (χ1v) is 7.52. The average molecular weight is 249 g/mol. The fourth-order valence-corrected chi connectivity index (χ4v) is 3.12. The van der Waals surface area contributed by atoms with Crippen LogP contribution < -0.4 is 5.32 Å². The third kappa shape index (κ3) is 3.14. The standard InChI is InChI=1S/C15H27N3/c1-4-15(16-5-2)13-10-17-18(11-13)14-8-6-7-12(3)9-14/h10-12,14-16H,4-9H2,1-3H3. The topological polar surface area (TPSA) is 29.9 Å². The molecule has 1 aromatic heterocycles. The second-order valence-corrected chi connectivity index (χ2v) is 5.70. The monoisotopic (exact) mass is 249 g/mol. The van der Waals surface area contributed by atoms with Gasteiger partial charge in [-0.1, -0.05) is 33.6 Å². The molecule has 3 heteroatoms. The van der Waals surface area contributed by atoms with Gasteiger partial charge < -0.3 is 5.32 Å². The SMILES string of the molecule is CCNC(CC)c1cnn(C2CCCC(C)C2)c1. The van der Waals surface area contributed by atoms with Crippen LogP contribution in [0.3, 0.4) is 0 Å². The van der Waals surface area contributed by atoms with Crippen molar-refractivity contribution in [3.63, 3.8) is 0 Å². The average Bonchev–Trinajstić information content (AvgIpc) is 2.85. The molecule has 0 aliphatic heterocycles. The van der Waals surface area contributed by atoms with Crippen LogP contribution in [0.2, 0.25) is 0 Å². The van der Waals surface area contributed by atoms with Crippen LogP contribution in [0.4, 0.5) is 0 Å². The summed E-state index contributed by atoms with van der Waals surface area (Å²) >= 11 is 0. The molecule has 1 aromatic rings. The van der Waals surface area contributed by atoms with E-state index < -0.39 is 0 Å². The van der Waals surface area contributed by atoms with E-state index in [0.717, 1.165) is 18.9 Å². The molecule has 1 saturated carbocycles. The Labute approximate surface area is 111 Å². The molecule has 0 bridgehead atoms. The van der Waals surface area contributed by atoms with E-state index in [0.29, 0.717) is 12.1 Å². The maximum atomic E-state index is 4.60. The minimum absolute atomic E-state index is 0.463. The summed E-state index contributed by atoms with van der Waals surface area (Å²) < 4.78 is 2.21. The summed E-state index contributed by atoms with van der Waals surface area (Å²) in [7, 11) is 0. The number of nitrogens with zero attached hydrogens (tertiary/aromatic N) is 2. The lowest BCUT2D eigenvalue weighted by molar-refractivity contribution is 0.266. The highest BCUT2D eigenvalue weighted by Gasteiger charge is 2.21. The zero-order valence-corrected chi connectivity index (χ0v) is 12.0. The Hall–Kier alpha value is -0.830. The highest BCUT2D eigenvalue weighted by Crippen LogP contribution is 2.32. The second-order valence-electron chi connectivity index (χ2n) is 5.70. The molecule has 0 radical (unpaired) electrons. The molecule has 0 spiro atoms. The molecule has 1 aliphatic carbocycles. The lowest BCUT2D eigenvalue weighted by Gasteiger charge is -2.26. The van der Waals surface area contributed by atoms with Gasteiger partial charge in [-0.2, -0.15) is 5.10 Å². The van der Waals surface area contributed by atoms with E-state index in [2.05, 4.69) is 48.3 Å². The Bertz CT molecular complexity index is 358. The number of rotatable bonds is 5. The van der Waals surface area contributed by atoms with E-state index in [4.69, 9.17) is 0 Å². The van der Waals surface area contributed by atoms with Gasteiger partial charge in [0.1, 0.15) is 0 Å². The van der Waals surface area contributed by atoms with Gasteiger partial charge in [-0.3, -0.25) is 4.68 Å². The Balaban J connectivity index is 2.04. The van der Waals surface area contributed by atoms with Crippen LogP contribution in [0.25, 0.3) is 0 Å². The van der Waals surface area contributed by atoms with E-state index in [1.807, 2.05) is 0 Å². The first kappa shape index (κ1) is 13.6. The van der Waals surface area contributed by atoms with Crippen LogP contribution in [0, 0.1) is 5.92 Å². The molecule has 3 nitrogen and oxygen atoms in total. The molecule has 1 N–H and O–H groups in total. The highest BCUT2D eigenvalue weighted by molar-refractivity contribution is 5.10. The van der Waals surface area contributed by atoms with Crippen LogP contribution in [-0.4, -0.2) is 16.3 Å². The third-order valence-corrected chi connectivity index (χ3v) is 4.17. The molecule has 0 saturated heterocycles. The van der Waals surface area contributed by atoms with E-state index in [9.17, 15) is 0 Å². The van der Waals surface area contributed by atoms with Crippen molar-refractivity contribution in [2.75, 3.05) is 6.54 Å². The van der Waals surface area contributed by atoms with Crippen molar-refractivity contribution in [2.24, 2.45) is 5.92 Å². The van der Waals surface area contributed by atoms with Crippen LogP contribution >= 0.6 is 0 Å². The van der Waals surface area contributed by atoms with Crippen molar-refractivity contribution in [3.8, 4) is 0 Å². The first-order chi connectivity index (χ1) is 8.74. The summed E-state index contributed by atoms with van der Waals surface area (Å²) in [5.74, 6) is 0.854. The zero-order chi connectivity index (χ0) is 13.0. The van der Waals surface area contributed by atoms with E-state index in [1.165, 1.54) is 31.2 Å². The van der Waals surface area contributed by atoms with E-state index >= 15 is 0 Å². The van der Waals surface area contributed by atoms with Crippen LogP contribution in [0.1, 0.15) is 70.5 Å². The zero-order valence-electron chi connectivity index (χ0n) is 12.0. The molecule has 1 heterocycles. The van der Waals surface area contributed by atoms with E-state index in [-0.39, 0.29) is 0 Å². The molecule has 3 atom stereocenters. The number of aromatic nitrogens is 2. The molecule has 1 aliphatic rings. The normalized spacial score (nSPS) is 26.2. The van der Waals surface area contributed by atoms with Gasteiger partial charge in [-0.15, -0.1) is 0 Å². The molecular weight excluding hydrogens is 222 g/mol. The summed E-state index contributed by atoms with van der Waals surface area (Å²) in [5, 5.41) is 8.12. The van der Waals surface area contributed by atoms with E-state index in [1.54, 1.807) is 0 Å². The fraction of sp³-hybridized carbons (Fsp3) is 0.800. The highest BCUT2D eigenvalue weighted by atomic mass is 15.3.